The zero-order chi connectivity index (χ0) is 14.4. The number of carboxylic acids is 1. The van der Waals surface area contributed by atoms with Crippen molar-refractivity contribution in [2.75, 3.05) is 32.8 Å². The van der Waals surface area contributed by atoms with Crippen LogP contribution in [0.3, 0.4) is 0 Å². The highest BCUT2D eigenvalue weighted by Gasteiger charge is 2.34. The Morgan fingerprint density at radius 3 is 2.74 bits per heavy atom. The number of morpholine rings is 1. The van der Waals surface area contributed by atoms with Crippen LogP contribution in [0.15, 0.2) is 0 Å². The molecule has 19 heavy (non-hydrogen) atoms. The second-order valence-corrected chi connectivity index (χ2v) is 3.92. The lowest BCUT2D eigenvalue weighted by Crippen LogP contribution is -2.58. The second kappa shape index (κ2) is 6.61. The Kier molecular flexibility index (Phi) is 5.14. The number of carbonyl (C=O) groups is 3. The fourth-order valence-electron chi connectivity index (χ4n) is 1.71. The molecule has 1 aliphatic rings. The standard InChI is InChI=1S/C11H15N3O5/c1-2-3-13(6-9(15)16)11(18)14-4-5-19-7-8(14)10(12)17/h1,8H,3-7H2,(H2,12,17)(H,15,16). The Morgan fingerprint density at radius 2 is 2.21 bits per heavy atom. The summed E-state index contributed by atoms with van der Waals surface area (Å²) in [6.07, 6.45) is 5.10. The Labute approximate surface area is 110 Å². The van der Waals surface area contributed by atoms with Crippen molar-refractivity contribution in [3.05, 3.63) is 0 Å². The number of hydrogen-bond donors (Lipinski definition) is 2. The van der Waals surface area contributed by atoms with Crippen molar-refractivity contribution in [2.45, 2.75) is 6.04 Å². The molecule has 0 bridgehead atoms. The number of aliphatic carboxylic acids is 1. The van der Waals surface area contributed by atoms with E-state index in [9.17, 15) is 14.4 Å². The zero-order valence-corrected chi connectivity index (χ0v) is 10.2. The van der Waals surface area contributed by atoms with E-state index in [2.05, 4.69) is 5.92 Å². The number of rotatable bonds is 4. The maximum absolute atomic E-state index is 12.2. The van der Waals surface area contributed by atoms with E-state index in [-0.39, 0.29) is 26.3 Å². The highest BCUT2D eigenvalue weighted by atomic mass is 16.5. The second-order valence-electron chi connectivity index (χ2n) is 3.92. The Morgan fingerprint density at radius 1 is 1.53 bits per heavy atom. The van der Waals surface area contributed by atoms with Crippen molar-refractivity contribution in [1.29, 1.82) is 0 Å². The number of primary amides is 1. The maximum atomic E-state index is 12.2. The summed E-state index contributed by atoms with van der Waals surface area (Å²) in [5, 5.41) is 8.74. The number of nitrogens with zero attached hydrogens (tertiary/aromatic N) is 2. The molecule has 1 unspecified atom stereocenters. The van der Waals surface area contributed by atoms with Crippen LogP contribution in [0.4, 0.5) is 4.79 Å². The molecular weight excluding hydrogens is 254 g/mol. The quantitative estimate of drug-likeness (QED) is 0.591. The molecule has 1 rings (SSSR count). The van der Waals surface area contributed by atoms with Crippen LogP contribution in [0.25, 0.3) is 0 Å². The Hall–Kier alpha value is -2.27. The summed E-state index contributed by atoms with van der Waals surface area (Å²) >= 11 is 0. The lowest BCUT2D eigenvalue weighted by molar-refractivity contribution is -0.137. The summed E-state index contributed by atoms with van der Waals surface area (Å²) in [6.45, 7) is -0.280. The third kappa shape index (κ3) is 3.86. The molecule has 8 heteroatoms. The van der Waals surface area contributed by atoms with Gasteiger partial charge in [0.1, 0.15) is 12.6 Å². The molecule has 1 saturated heterocycles. The summed E-state index contributed by atoms with van der Waals surface area (Å²) in [6, 6.07) is -1.54. The topological polar surface area (TPSA) is 113 Å². The van der Waals surface area contributed by atoms with Crippen molar-refractivity contribution in [2.24, 2.45) is 5.73 Å². The van der Waals surface area contributed by atoms with Crippen LogP contribution in [-0.2, 0) is 14.3 Å². The normalized spacial score (nSPS) is 18.5. The van der Waals surface area contributed by atoms with Gasteiger partial charge in [-0.15, -0.1) is 6.42 Å². The number of hydrogen-bond acceptors (Lipinski definition) is 4. The van der Waals surface area contributed by atoms with Gasteiger partial charge < -0.3 is 25.4 Å². The van der Waals surface area contributed by atoms with Gasteiger partial charge in [0.15, 0.2) is 0 Å². The summed E-state index contributed by atoms with van der Waals surface area (Å²) in [5.41, 5.74) is 5.18. The van der Waals surface area contributed by atoms with E-state index in [1.54, 1.807) is 0 Å². The molecule has 8 nitrogen and oxygen atoms in total. The Balaban J connectivity index is 2.84. The molecule has 0 aromatic heterocycles. The lowest BCUT2D eigenvalue weighted by Gasteiger charge is -2.36. The number of carbonyl (C=O) groups excluding carboxylic acids is 2. The van der Waals surface area contributed by atoms with E-state index < -0.39 is 30.5 Å². The smallest absolute Gasteiger partial charge is 0.323 e. The van der Waals surface area contributed by atoms with Gasteiger partial charge in [0.05, 0.1) is 19.8 Å². The molecule has 1 atom stereocenters. The molecule has 0 radical (unpaired) electrons. The number of nitrogens with two attached hydrogens (primary N) is 1. The van der Waals surface area contributed by atoms with Gasteiger partial charge in [-0.3, -0.25) is 9.59 Å². The number of amides is 3. The van der Waals surface area contributed by atoms with Crippen LogP contribution in [0.1, 0.15) is 0 Å². The first-order valence-corrected chi connectivity index (χ1v) is 5.55. The molecule has 3 amide bonds. The molecule has 0 aromatic carbocycles. The number of ether oxygens (including phenoxy) is 1. The van der Waals surface area contributed by atoms with E-state index in [0.717, 1.165) is 4.90 Å². The van der Waals surface area contributed by atoms with Gasteiger partial charge in [0, 0.05) is 6.54 Å². The first-order valence-electron chi connectivity index (χ1n) is 5.55. The van der Waals surface area contributed by atoms with Crippen LogP contribution >= 0.6 is 0 Å². The van der Waals surface area contributed by atoms with E-state index in [0.29, 0.717) is 0 Å². The number of carboxylic acid groups (broad SMARTS) is 1. The predicted molar refractivity (Wildman–Crippen MR) is 63.9 cm³/mol. The highest BCUT2D eigenvalue weighted by Crippen LogP contribution is 2.10. The number of urea groups is 1. The monoisotopic (exact) mass is 269 g/mol. The van der Waals surface area contributed by atoms with Gasteiger partial charge in [-0.25, -0.2) is 4.79 Å². The zero-order valence-electron chi connectivity index (χ0n) is 10.2. The minimum atomic E-state index is -1.19. The molecule has 1 aliphatic heterocycles. The average molecular weight is 269 g/mol. The minimum Gasteiger partial charge on any atom is -0.480 e. The van der Waals surface area contributed by atoms with Crippen molar-refractivity contribution >= 4 is 17.9 Å². The van der Waals surface area contributed by atoms with Crippen molar-refractivity contribution in [3.63, 3.8) is 0 Å². The van der Waals surface area contributed by atoms with Crippen LogP contribution < -0.4 is 5.73 Å². The van der Waals surface area contributed by atoms with E-state index in [1.165, 1.54) is 4.90 Å². The average Bonchev–Trinajstić information content (AvgIpc) is 2.37. The van der Waals surface area contributed by atoms with E-state index in [4.69, 9.17) is 22.0 Å². The Bertz CT molecular complexity index is 417. The summed E-state index contributed by atoms with van der Waals surface area (Å²) in [4.78, 5) is 36.3. The first-order chi connectivity index (χ1) is 8.97. The summed E-state index contributed by atoms with van der Waals surface area (Å²) in [7, 11) is 0. The minimum absolute atomic E-state index is 0.00195. The number of terminal acetylenes is 1. The first kappa shape index (κ1) is 14.8. The van der Waals surface area contributed by atoms with E-state index in [1.807, 2.05) is 0 Å². The largest absolute Gasteiger partial charge is 0.480 e. The fraction of sp³-hybridized carbons (Fsp3) is 0.545. The predicted octanol–water partition coefficient (Wildman–Crippen LogP) is -1.69. The molecule has 0 spiro atoms. The van der Waals surface area contributed by atoms with Crippen LogP contribution in [0.5, 0.6) is 0 Å². The third-order valence-corrected chi connectivity index (χ3v) is 2.58. The molecule has 1 heterocycles. The van der Waals surface area contributed by atoms with Crippen molar-refractivity contribution < 1.29 is 24.2 Å². The molecule has 0 aromatic rings. The van der Waals surface area contributed by atoms with Crippen LogP contribution in [0, 0.1) is 12.3 Å². The SMILES string of the molecule is C#CCN(CC(=O)O)C(=O)N1CCOCC1C(N)=O. The van der Waals surface area contributed by atoms with Crippen LogP contribution in [0.2, 0.25) is 0 Å². The van der Waals surface area contributed by atoms with Crippen LogP contribution in [-0.4, -0.2) is 71.7 Å². The van der Waals surface area contributed by atoms with Gasteiger partial charge in [-0.2, -0.15) is 0 Å². The van der Waals surface area contributed by atoms with Gasteiger partial charge in [-0.05, 0) is 0 Å². The summed E-state index contributed by atoms with van der Waals surface area (Å²) < 4.78 is 5.07. The van der Waals surface area contributed by atoms with Crippen molar-refractivity contribution in [3.8, 4) is 12.3 Å². The molecule has 104 valence electrons. The molecule has 3 N–H and O–H groups in total. The molecular formula is C11H15N3O5. The van der Waals surface area contributed by atoms with E-state index >= 15 is 0 Å². The third-order valence-electron chi connectivity index (χ3n) is 2.58. The molecule has 1 fully saturated rings. The summed E-state index contributed by atoms with van der Waals surface area (Å²) in [5.74, 6) is 0.313. The van der Waals surface area contributed by atoms with Crippen molar-refractivity contribution in [1.82, 2.24) is 9.80 Å². The van der Waals surface area contributed by atoms with Gasteiger partial charge in [0.2, 0.25) is 5.91 Å². The van der Waals surface area contributed by atoms with Gasteiger partial charge >= 0.3 is 12.0 Å². The highest BCUT2D eigenvalue weighted by molar-refractivity contribution is 5.87. The fourth-order valence-corrected chi connectivity index (χ4v) is 1.71. The van der Waals surface area contributed by atoms with Gasteiger partial charge in [-0.1, -0.05) is 5.92 Å². The lowest BCUT2D eigenvalue weighted by atomic mass is 10.2. The maximum Gasteiger partial charge on any atom is 0.323 e. The molecule has 0 aliphatic carbocycles. The molecule has 0 saturated carbocycles. The van der Waals surface area contributed by atoms with Gasteiger partial charge in [0.25, 0.3) is 0 Å².